The van der Waals surface area contributed by atoms with Gasteiger partial charge >= 0.3 is 0 Å². The Morgan fingerprint density at radius 3 is 2.84 bits per heavy atom. The molecule has 0 spiro atoms. The van der Waals surface area contributed by atoms with E-state index in [0.717, 1.165) is 47.2 Å². The number of carbonyl (C=O) groups excluding carboxylic acids is 1. The maximum Gasteiger partial charge on any atom is 0.263 e. The monoisotopic (exact) mass is 369 g/mol. The Kier molecular flexibility index (Phi) is 4.90. The average molecular weight is 370 g/mol. The summed E-state index contributed by atoms with van der Waals surface area (Å²) < 4.78 is 0. The highest BCUT2D eigenvalue weighted by atomic mass is 32.1. The van der Waals surface area contributed by atoms with E-state index in [1.165, 1.54) is 16.9 Å². The predicted molar refractivity (Wildman–Crippen MR) is 101 cm³/mol. The van der Waals surface area contributed by atoms with Gasteiger partial charge in [0.25, 0.3) is 5.91 Å². The maximum absolute atomic E-state index is 12.6. The molecule has 1 aliphatic heterocycles. The summed E-state index contributed by atoms with van der Waals surface area (Å²) in [6.45, 7) is 1.58. The lowest BCUT2D eigenvalue weighted by molar-refractivity contribution is 0.0712. The minimum Gasteiger partial charge on any atom is -0.337 e. The molecule has 6 heteroatoms. The Labute approximate surface area is 155 Å². The van der Waals surface area contributed by atoms with Crippen LogP contribution in [-0.4, -0.2) is 34.1 Å². The molecule has 0 unspecified atom stereocenters. The van der Waals surface area contributed by atoms with Crippen molar-refractivity contribution in [2.75, 3.05) is 13.1 Å². The third-order valence-electron chi connectivity index (χ3n) is 4.47. The number of thiophene rings is 1. The molecule has 4 nitrogen and oxygen atoms in total. The number of carbonyl (C=O) groups is 1. The second-order valence-electron chi connectivity index (χ2n) is 6.26. The van der Waals surface area contributed by atoms with Gasteiger partial charge in [-0.3, -0.25) is 4.79 Å². The summed E-state index contributed by atoms with van der Waals surface area (Å²) in [6, 6.07) is 14.2. The van der Waals surface area contributed by atoms with Crippen molar-refractivity contribution in [2.24, 2.45) is 0 Å². The van der Waals surface area contributed by atoms with E-state index >= 15 is 0 Å². The molecule has 1 aromatic carbocycles. The minimum absolute atomic E-state index is 0.147. The maximum atomic E-state index is 12.6. The standard InChI is InChI=1S/C19H19N3OS2/c23-19(16-9-5-11-24-16)22-10-4-8-15(13-22)18-21-20-17(25-18)12-14-6-2-1-3-7-14/h1-3,5-7,9,11,15H,4,8,10,12-13H2/t15-/m0/s1. The van der Waals surface area contributed by atoms with Crippen LogP contribution in [0.1, 0.15) is 44.0 Å². The van der Waals surface area contributed by atoms with Gasteiger partial charge in [0.15, 0.2) is 0 Å². The van der Waals surface area contributed by atoms with Crippen molar-refractivity contribution in [2.45, 2.75) is 25.2 Å². The van der Waals surface area contributed by atoms with Gasteiger partial charge in [0.1, 0.15) is 10.0 Å². The van der Waals surface area contributed by atoms with Gasteiger partial charge in [0.05, 0.1) is 4.88 Å². The lowest BCUT2D eigenvalue weighted by atomic mass is 9.98. The quantitative estimate of drug-likeness (QED) is 0.692. The first kappa shape index (κ1) is 16.4. The van der Waals surface area contributed by atoms with Crippen LogP contribution in [0.15, 0.2) is 47.8 Å². The van der Waals surface area contributed by atoms with Crippen LogP contribution in [0, 0.1) is 0 Å². The molecule has 0 radical (unpaired) electrons. The van der Waals surface area contributed by atoms with Gasteiger partial charge in [-0.05, 0) is 29.9 Å². The van der Waals surface area contributed by atoms with Gasteiger partial charge < -0.3 is 4.90 Å². The largest absolute Gasteiger partial charge is 0.337 e. The summed E-state index contributed by atoms with van der Waals surface area (Å²) >= 11 is 3.20. The number of amides is 1. The van der Waals surface area contributed by atoms with Gasteiger partial charge in [-0.2, -0.15) is 0 Å². The van der Waals surface area contributed by atoms with Gasteiger partial charge in [0, 0.05) is 25.4 Å². The highest BCUT2D eigenvalue weighted by molar-refractivity contribution is 7.12. The zero-order valence-corrected chi connectivity index (χ0v) is 15.4. The zero-order chi connectivity index (χ0) is 17.1. The molecule has 3 heterocycles. The molecular weight excluding hydrogens is 350 g/mol. The highest BCUT2D eigenvalue weighted by Crippen LogP contribution is 2.30. The van der Waals surface area contributed by atoms with E-state index in [9.17, 15) is 4.79 Å². The number of hydrogen-bond donors (Lipinski definition) is 0. The molecule has 0 aliphatic carbocycles. The third-order valence-corrected chi connectivity index (χ3v) is 6.41. The van der Waals surface area contributed by atoms with Crippen LogP contribution >= 0.6 is 22.7 Å². The fourth-order valence-corrected chi connectivity index (χ4v) is 4.89. The molecule has 1 aliphatic rings. The lowest BCUT2D eigenvalue weighted by Crippen LogP contribution is -2.38. The van der Waals surface area contributed by atoms with Crippen molar-refractivity contribution in [3.63, 3.8) is 0 Å². The molecule has 128 valence electrons. The van der Waals surface area contributed by atoms with E-state index in [4.69, 9.17) is 0 Å². The molecule has 1 saturated heterocycles. The number of rotatable bonds is 4. The first-order valence-electron chi connectivity index (χ1n) is 8.48. The fraction of sp³-hybridized carbons (Fsp3) is 0.316. The van der Waals surface area contributed by atoms with Crippen molar-refractivity contribution in [3.8, 4) is 0 Å². The first-order chi connectivity index (χ1) is 12.3. The Balaban J connectivity index is 1.44. The number of likely N-dealkylation sites (tertiary alicyclic amines) is 1. The van der Waals surface area contributed by atoms with E-state index in [2.05, 4.69) is 22.3 Å². The summed E-state index contributed by atoms with van der Waals surface area (Å²) in [5.41, 5.74) is 1.25. The minimum atomic E-state index is 0.147. The van der Waals surface area contributed by atoms with Crippen LogP contribution in [0.3, 0.4) is 0 Å². The average Bonchev–Trinajstić information content (AvgIpc) is 3.34. The van der Waals surface area contributed by atoms with Crippen LogP contribution in [0.2, 0.25) is 0 Å². The molecule has 0 N–H and O–H groups in total. The molecule has 0 saturated carbocycles. The summed E-state index contributed by atoms with van der Waals surface area (Å²) in [6.07, 6.45) is 2.92. The molecule has 25 heavy (non-hydrogen) atoms. The number of aromatic nitrogens is 2. The van der Waals surface area contributed by atoms with Crippen LogP contribution in [-0.2, 0) is 6.42 Å². The smallest absolute Gasteiger partial charge is 0.263 e. The summed E-state index contributed by atoms with van der Waals surface area (Å²) in [7, 11) is 0. The number of hydrogen-bond acceptors (Lipinski definition) is 5. The van der Waals surface area contributed by atoms with E-state index < -0.39 is 0 Å². The summed E-state index contributed by atoms with van der Waals surface area (Å²) in [5.74, 6) is 0.452. The van der Waals surface area contributed by atoms with Crippen LogP contribution in [0.5, 0.6) is 0 Å². The van der Waals surface area contributed by atoms with Crippen LogP contribution in [0.4, 0.5) is 0 Å². The molecule has 1 amide bonds. The van der Waals surface area contributed by atoms with Gasteiger partial charge in [-0.25, -0.2) is 0 Å². The van der Waals surface area contributed by atoms with Crippen LogP contribution in [0.25, 0.3) is 0 Å². The molecule has 2 aromatic heterocycles. The van der Waals surface area contributed by atoms with Gasteiger partial charge in [-0.15, -0.1) is 32.9 Å². The fourth-order valence-electron chi connectivity index (χ4n) is 3.19. The molecule has 3 aromatic rings. The lowest BCUT2D eigenvalue weighted by Gasteiger charge is -2.31. The summed E-state index contributed by atoms with van der Waals surface area (Å²) in [5, 5.41) is 12.9. The highest BCUT2D eigenvalue weighted by Gasteiger charge is 2.28. The van der Waals surface area contributed by atoms with Crippen molar-refractivity contribution in [1.82, 2.24) is 15.1 Å². The number of benzene rings is 1. The predicted octanol–water partition coefficient (Wildman–Crippen LogP) is 4.21. The third kappa shape index (κ3) is 3.80. The Morgan fingerprint density at radius 2 is 2.04 bits per heavy atom. The van der Waals surface area contributed by atoms with Crippen LogP contribution < -0.4 is 0 Å². The molecule has 1 fully saturated rings. The Morgan fingerprint density at radius 1 is 1.16 bits per heavy atom. The normalized spacial score (nSPS) is 17.6. The molecule has 0 bridgehead atoms. The molecule has 4 rings (SSSR count). The van der Waals surface area contributed by atoms with Crippen molar-refractivity contribution in [1.29, 1.82) is 0 Å². The SMILES string of the molecule is O=C(c1cccs1)N1CCC[C@H](c2nnc(Cc3ccccc3)s2)C1. The van der Waals surface area contributed by atoms with E-state index in [0.29, 0.717) is 5.92 Å². The summed E-state index contributed by atoms with van der Waals surface area (Å²) in [4.78, 5) is 15.4. The Hall–Kier alpha value is -2.05. The van der Waals surface area contributed by atoms with Gasteiger partial charge in [0.2, 0.25) is 0 Å². The molecular formula is C19H19N3OS2. The van der Waals surface area contributed by atoms with Crippen molar-refractivity contribution in [3.05, 3.63) is 68.3 Å². The van der Waals surface area contributed by atoms with E-state index in [-0.39, 0.29) is 5.91 Å². The van der Waals surface area contributed by atoms with Crippen molar-refractivity contribution >= 4 is 28.6 Å². The number of nitrogens with zero attached hydrogens (tertiary/aromatic N) is 3. The first-order valence-corrected chi connectivity index (χ1v) is 10.2. The second kappa shape index (κ2) is 7.45. The number of piperidine rings is 1. The second-order valence-corrected chi connectivity index (χ2v) is 8.31. The zero-order valence-electron chi connectivity index (χ0n) is 13.8. The van der Waals surface area contributed by atoms with E-state index in [1.807, 2.05) is 40.6 Å². The van der Waals surface area contributed by atoms with E-state index in [1.54, 1.807) is 11.3 Å². The van der Waals surface area contributed by atoms with Crippen molar-refractivity contribution < 1.29 is 4.79 Å². The topological polar surface area (TPSA) is 46.1 Å². The van der Waals surface area contributed by atoms with Gasteiger partial charge in [-0.1, -0.05) is 36.4 Å². The molecule has 1 atom stereocenters. The Bertz CT molecular complexity index is 829.